The lowest BCUT2D eigenvalue weighted by Gasteiger charge is -2.18. The van der Waals surface area contributed by atoms with Gasteiger partial charge in [0.15, 0.2) is 0 Å². The van der Waals surface area contributed by atoms with Crippen LogP contribution in [0.3, 0.4) is 0 Å². The van der Waals surface area contributed by atoms with E-state index in [9.17, 15) is 0 Å². The Morgan fingerprint density at radius 3 is 1.55 bits per heavy atom. The van der Waals surface area contributed by atoms with E-state index in [2.05, 4.69) is 13.8 Å². The number of hydrogen-bond acceptors (Lipinski definition) is 3. The number of thioether (sulfide) groups is 1. The second-order valence-corrected chi connectivity index (χ2v) is 4.27. The third kappa shape index (κ3) is 4.67. The lowest BCUT2D eigenvalue weighted by molar-refractivity contribution is 0.785. The Labute approximate surface area is 74.1 Å². The fourth-order valence-electron chi connectivity index (χ4n) is 0.909. The summed E-state index contributed by atoms with van der Waals surface area (Å²) in [6.45, 7) is 5.90. The number of rotatable bonds is 6. The molecule has 0 saturated heterocycles. The molecule has 0 spiro atoms. The lowest BCUT2D eigenvalue weighted by atomic mass is 10.3. The quantitative estimate of drug-likeness (QED) is 0.639. The van der Waals surface area contributed by atoms with Crippen molar-refractivity contribution in [1.29, 1.82) is 0 Å². The van der Waals surface area contributed by atoms with Gasteiger partial charge in [0.05, 0.1) is 0 Å². The molecule has 3 heteroatoms. The van der Waals surface area contributed by atoms with Gasteiger partial charge in [-0.25, -0.2) is 0 Å². The highest BCUT2D eigenvalue weighted by Crippen LogP contribution is 2.20. The van der Waals surface area contributed by atoms with Crippen LogP contribution in [0, 0.1) is 0 Å². The summed E-state index contributed by atoms with van der Waals surface area (Å²) >= 11 is 1.94. The van der Waals surface area contributed by atoms with Crippen LogP contribution < -0.4 is 11.5 Å². The van der Waals surface area contributed by atoms with Gasteiger partial charge in [0.25, 0.3) is 0 Å². The second kappa shape index (κ2) is 6.95. The van der Waals surface area contributed by atoms with Crippen molar-refractivity contribution >= 4 is 11.8 Å². The first kappa shape index (κ1) is 11.3. The molecule has 0 amide bonds. The van der Waals surface area contributed by atoms with Crippen LogP contribution in [0.1, 0.15) is 26.7 Å². The van der Waals surface area contributed by atoms with E-state index in [1.165, 1.54) is 0 Å². The third-order valence-electron chi connectivity index (χ3n) is 1.82. The van der Waals surface area contributed by atoms with Crippen LogP contribution in [0.4, 0.5) is 0 Å². The van der Waals surface area contributed by atoms with E-state index >= 15 is 0 Å². The molecule has 2 unspecified atom stereocenters. The third-order valence-corrected chi connectivity index (χ3v) is 3.64. The molecule has 0 aromatic rings. The SMILES string of the molecule is CCC(CN)SC(CC)CN. The first-order valence-electron chi connectivity index (χ1n) is 4.34. The normalized spacial score (nSPS) is 16.4. The van der Waals surface area contributed by atoms with E-state index in [4.69, 9.17) is 11.5 Å². The standard InChI is InChI=1S/C8H20N2S/c1-3-7(5-9)11-8(4-2)6-10/h7-8H,3-6,9-10H2,1-2H3. The van der Waals surface area contributed by atoms with Crippen LogP contribution in [0.5, 0.6) is 0 Å². The Bertz CT molecular complexity index is 70.2. The first-order valence-corrected chi connectivity index (χ1v) is 5.28. The predicted octanol–water partition coefficient (Wildman–Crippen LogP) is 1.19. The molecule has 0 aromatic carbocycles. The smallest absolute Gasteiger partial charge is 0.0170 e. The summed E-state index contributed by atoms with van der Waals surface area (Å²) < 4.78 is 0. The highest BCUT2D eigenvalue weighted by Gasteiger charge is 2.10. The summed E-state index contributed by atoms with van der Waals surface area (Å²) in [6.07, 6.45) is 2.30. The molecule has 0 rings (SSSR count). The molecule has 0 aliphatic rings. The van der Waals surface area contributed by atoms with Gasteiger partial charge in [-0.2, -0.15) is 11.8 Å². The maximum Gasteiger partial charge on any atom is 0.0170 e. The van der Waals surface area contributed by atoms with Gasteiger partial charge in [-0.05, 0) is 12.8 Å². The molecule has 4 N–H and O–H groups in total. The molecule has 0 bridgehead atoms. The summed E-state index contributed by atoms with van der Waals surface area (Å²) in [4.78, 5) is 0. The topological polar surface area (TPSA) is 52.0 Å². The minimum Gasteiger partial charge on any atom is -0.329 e. The summed E-state index contributed by atoms with van der Waals surface area (Å²) in [5.74, 6) is 0. The second-order valence-electron chi connectivity index (χ2n) is 2.67. The molecule has 0 saturated carbocycles. The molecule has 0 aliphatic heterocycles. The van der Waals surface area contributed by atoms with Crippen molar-refractivity contribution < 1.29 is 0 Å². The maximum absolute atomic E-state index is 5.58. The molecular formula is C8H20N2S. The van der Waals surface area contributed by atoms with Crippen molar-refractivity contribution in [2.24, 2.45) is 11.5 Å². The van der Waals surface area contributed by atoms with E-state index in [0.29, 0.717) is 10.5 Å². The molecule has 0 fully saturated rings. The van der Waals surface area contributed by atoms with Crippen molar-refractivity contribution in [2.75, 3.05) is 13.1 Å². The molecule has 0 aliphatic carbocycles. The zero-order valence-corrected chi connectivity index (χ0v) is 8.36. The van der Waals surface area contributed by atoms with Gasteiger partial charge in [0.2, 0.25) is 0 Å². The van der Waals surface area contributed by atoms with Gasteiger partial charge < -0.3 is 11.5 Å². The van der Waals surface area contributed by atoms with Crippen molar-refractivity contribution in [3.05, 3.63) is 0 Å². The molecule has 11 heavy (non-hydrogen) atoms. The summed E-state index contributed by atoms with van der Waals surface area (Å²) in [5, 5.41) is 1.20. The van der Waals surface area contributed by atoms with E-state index in [0.717, 1.165) is 25.9 Å². The Hall–Kier alpha value is 0.270. The van der Waals surface area contributed by atoms with Crippen molar-refractivity contribution in [2.45, 2.75) is 37.2 Å². The van der Waals surface area contributed by atoms with Crippen LogP contribution >= 0.6 is 11.8 Å². The zero-order valence-electron chi connectivity index (χ0n) is 7.55. The van der Waals surface area contributed by atoms with Gasteiger partial charge in [-0.3, -0.25) is 0 Å². The number of nitrogens with two attached hydrogens (primary N) is 2. The molecule has 2 nitrogen and oxygen atoms in total. The summed E-state index contributed by atoms with van der Waals surface area (Å²) in [6, 6.07) is 0. The van der Waals surface area contributed by atoms with E-state index in [1.54, 1.807) is 0 Å². The van der Waals surface area contributed by atoms with E-state index < -0.39 is 0 Å². The van der Waals surface area contributed by atoms with Crippen LogP contribution in [0.2, 0.25) is 0 Å². The molecular weight excluding hydrogens is 156 g/mol. The molecule has 0 radical (unpaired) electrons. The van der Waals surface area contributed by atoms with Gasteiger partial charge in [-0.15, -0.1) is 0 Å². The molecule has 2 atom stereocenters. The van der Waals surface area contributed by atoms with Crippen LogP contribution in [0.15, 0.2) is 0 Å². The Morgan fingerprint density at radius 2 is 1.36 bits per heavy atom. The zero-order chi connectivity index (χ0) is 8.69. The Kier molecular flexibility index (Phi) is 7.12. The minimum absolute atomic E-state index is 0.600. The van der Waals surface area contributed by atoms with Crippen LogP contribution in [-0.2, 0) is 0 Å². The van der Waals surface area contributed by atoms with Gasteiger partial charge >= 0.3 is 0 Å². The molecule has 0 aromatic heterocycles. The average Bonchev–Trinajstić information content (AvgIpc) is 2.07. The Balaban J connectivity index is 3.58. The fourth-order valence-corrected chi connectivity index (χ4v) is 2.06. The van der Waals surface area contributed by atoms with Crippen LogP contribution in [-0.4, -0.2) is 23.6 Å². The number of hydrogen-bond donors (Lipinski definition) is 2. The first-order chi connectivity index (χ1) is 5.28. The van der Waals surface area contributed by atoms with E-state index in [-0.39, 0.29) is 0 Å². The van der Waals surface area contributed by atoms with Gasteiger partial charge in [0.1, 0.15) is 0 Å². The minimum atomic E-state index is 0.600. The molecule has 0 heterocycles. The Morgan fingerprint density at radius 1 is 1.00 bits per heavy atom. The molecule has 68 valence electrons. The average molecular weight is 176 g/mol. The lowest BCUT2D eigenvalue weighted by Crippen LogP contribution is -2.23. The van der Waals surface area contributed by atoms with Crippen molar-refractivity contribution in [3.8, 4) is 0 Å². The largest absolute Gasteiger partial charge is 0.329 e. The van der Waals surface area contributed by atoms with Crippen molar-refractivity contribution in [3.63, 3.8) is 0 Å². The van der Waals surface area contributed by atoms with Gasteiger partial charge in [0, 0.05) is 23.6 Å². The highest BCUT2D eigenvalue weighted by molar-refractivity contribution is 8.00. The summed E-state index contributed by atoms with van der Waals surface area (Å²) in [7, 11) is 0. The van der Waals surface area contributed by atoms with Gasteiger partial charge in [-0.1, -0.05) is 13.8 Å². The highest BCUT2D eigenvalue weighted by atomic mass is 32.2. The van der Waals surface area contributed by atoms with Crippen LogP contribution in [0.25, 0.3) is 0 Å². The monoisotopic (exact) mass is 176 g/mol. The fraction of sp³-hybridized carbons (Fsp3) is 1.00. The predicted molar refractivity (Wildman–Crippen MR) is 53.9 cm³/mol. The maximum atomic E-state index is 5.58. The van der Waals surface area contributed by atoms with Crippen molar-refractivity contribution in [1.82, 2.24) is 0 Å². The van der Waals surface area contributed by atoms with E-state index in [1.807, 2.05) is 11.8 Å². The summed E-state index contributed by atoms with van der Waals surface area (Å²) in [5.41, 5.74) is 11.2.